The molecule has 0 spiro atoms. The first-order valence-corrected chi connectivity index (χ1v) is 5.21. The van der Waals surface area contributed by atoms with Crippen molar-refractivity contribution in [1.82, 2.24) is 0 Å². The lowest BCUT2D eigenvalue weighted by molar-refractivity contribution is -0.685. The summed E-state index contributed by atoms with van der Waals surface area (Å²) in [5.74, 6) is 0. The van der Waals surface area contributed by atoms with Crippen LogP contribution in [0, 0.1) is 22.7 Å². The predicted octanol–water partition coefficient (Wildman–Crippen LogP) is 2.10. The first kappa shape index (κ1) is 10.9. The molecule has 0 atom stereocenters. The van der Waals surface area contributed by atoms with Gasteiger partial charge in [0, 0.05) is 17.5 Å². The van der Waals surface area contributed by atoms with Gasteiger partial charge in [0.2, 0.25) is 0 Å². The molecule has 80 valence electrons. The third-order valence-corrected chi connectivity index (χ3v) is 2.49. The minimum atomic E-state index is 0.144. The van der Waals surface area contributed by atoms with Crippen molar-refractivity contribution in [2.45, 2.75) is 6.54 Å². The number of benzene rings is 1. The van der Waals surface area contributed by atoms with Crippen LogP contribution in [0.15, 0.2) is 54.4 Å². The van der Waals surface area contributed by atoms with E-state index in [2.05, 4.69) is 0 Å². The number of nitriles is 2. The molecule has 0 aliphatic rings. The van der Waals surface area contributed by atoms with Crippen molar-refractivity contribution in [2.24, 2.45) is 0 Å². The van der Waals surface area contributed by atoms with Gasteiger partial charge in [-0.3, -0.25) is 0 Å². The molecule has 0 fully saturated rings. The van der Waals surface area contributed by atoms with Gasteiger partial charge in [0.05, 0.1) is 0 Å². The molecule has 2 aromatic rings. The summed E-state index contributed by atoms with van der Waals surface area (Å²) in [6, 6.07) is 13.8. The first-order chi connectivity index (χ1) is 8.33. The smallest absolute Gasteiger partial charge is 0.176 e. The second-order valence-electron chi connectivity index (χ2n) is 3.61. The van der Waals surface area contributed by atoms with Crippen LogP contribution in [0.1, 0.15) is 0 Å². The maximum atomic E-state index is 8.63. The third kappa shape index (κ3) is 2.48. The molecule has 0 saturated heterocycles. The van der Waals surface area contributed by atoms with E-state index in [-0.39, 0.29) is 5.57 Å². The Morgan fingerprint density at radius 1 is 1.12 bits per heavy atom. The fourth-order valence-electron chi connectivity index (χ4n) is 1.60. The van der Waals surface area contributed by atoms with E-state index in [1.54, 1.807) is 6.08 Å². The molecule has 3 heteroatoms. The molecular weight excluding hydrogens is 210 g/mol. The van der Waals surface area contributed by atoms with Gasteiger partial charge < -0.3 is 0 Å². The molecule has 3 nitrogen and oxygen atoms in total. The fraction of sp³-hybridized carbons (Fsp3) is 0.0714. The summed E-state index contributed by atoms with van der Waals surface area (Å²) in [6.07, 6.45) is 5.55. The highest BCUT2D eigenvalue weighted by molar-refractivity contribution is 5.80. The number of allylic oxidation sites excluding steroid dienone is 2. The highest BCUT2D eigenvalue weighted by Crippen LogP contribution is 2.09. The minimum Gasteiger partial charge on any atom is -0.201 e. The number of hydrogen-bond donors (Lipinski definition) is 0. The zero-order valence-corrected chi connectivity index (χ0v) is 9.17. The van der Waals surface area contributed by atoms with E-state index < -0.39 is 0 Å². The number of nitrogens with zero attached hydrogens (tertiary/aromatic N) is 3. The lowest BCUT2D eigenvalue weighted by Crippen LogP contribution is -2.31. The van der Waals surface area contributed by atoms with Crippen molar-refractivity contribution in [3.05, 3.63) is 54.4 Å². The van der Waals surface area contributed by atoms with Crippen LogP contribution in [0.25, 0.3) is 10.8 Å². The topological polar surface area (TPSA) is 51.5 Å². The van der Waals surface area contributed by atoms with E-state index in [1.165, 1.54) is 5.39 Å². The molecule has 0 N–H and O–H groups in total. The number of aromatic nitrogens is 1. The molecule has 0 unspecified atom stereocenters. The van der Waals surface area contributed by atoms with E-state index >= 15 is 0 Å². The Bertz CT molecular complexity index is 641. The Morgan fingerprint density at radius 2 is 1.82 bits per heavy atom. The van der Waals surface area contributed by atoms with Gasteiger partial charge in [0.15, 0.2) is 18.9 Å². The molecule has 2 rings (SSSR count). The van der Waals surface area contributed by atoms with Gasteiger partial charge in [0.1, 0.15) is 17.7 Å². The summed E-state index contributed by atoms with van der Waals surface area (Å²) >= 11 is 0. The van der Waals surface area contributed by atoms with Gasteiger partial charge in [-0.25, -0.2) is 4.57 Å². The largest absolute Gasteiger partial charge is 0.201 e. The van der Waals surface area contributed by atoms with Crippen LogP contribution < -0.4 is 4.57 Å². The fourth-order valence-corrected chi connectivity index (χ4v) is 1.60. The number of rotatable bonds is 2. The molecule has 0 saturated carbocycles. The van der Waals surface area contributed by atoms with Gasteiger partial charge in [-0.15, -0.1) is 0 Å². The van der Waals surface area contributed by atoms with Crippen LogP contribution in [0.5, 0.6) is 0 Å². The zero-order chi connectivity index (χ0) is 12.1. The van der Waals surface area contributed by atoms with Gasteiger partial charge in [0.25, 0.3) is 0 Å². The summed E-state index contributed by atoms with van der Waals surface area (Å²) in [5.41, 5.74) is 0.144. The zero-order valence-electron chi connectivity index (χ0n) is 9.17. The maximum Gasteiger partial charge on any atom is 0.176 e. The molecule has 17 heavy (non-hydrogen) atoms. The highest BCUT2D eigenvalue weighted by atomic mass is 14.9. The van der Waals surface area contributed by atoms with Crippen molar-refractivity contribution in [2.75, 3.05) is 0 Å². The molecular formula is C14H10N3+. The van der Waals surface area contributed by atoms with Gasteiger partial charge in [-0.2, -0.15) is 10.5 Å². The number of fused-ring (bicyclic) bond motifs is 1. The van der Waals surface area contributed by atoms with Gasteiger partial charge in [-0.05, 0) is 11.5 Å². The molecule has 0 radical (unpaired) electrons. The molecule has 1 aromatic carbocycles. The van der Waals surface area contributed by atoms with E-state index in [0.717, 1.165) is 5.39 Å². The Hall–Kier alpha value is -2.65. The van der Waals surface area contributed by atoms with E-state index in [9.17, 15) is 0 Å². The molecule has 0 amide bonds. The van der Waals surface area contributed by atoms with Crippen LogP contribution in [0.2, 0.25) is 0 Å². The van der Waals surface area contributed by atoms with Gasteiger partial charge >= 0.3 is 0 Å². The second kappa shape index (κ2) is 4.92. The van der Waals surface area contributed by atoms with Crippen LogP contribution in [-0.2, 0) is 6.54 Å². The maximum absolute atomic E-state index is 8.63. The Balaban J connectivity index is 2.30. The van der Waals surface area contributed by atoms with E-state index in [4.69, 9.17) is 10.5 Å². The van der Waals surface area contributed by atoms with Crippen LogP contribution in [0.3, 0.4) is 0 Å². The first-order valence-electron chi connectivity index (χ1n) is 5.21. The normalized spacial score (nSPS) is 9.29. The highest BCUT2D eigenvalue weighted by Gasteiger charge is 2.01. The summed E-state index contributed by atoms with van der Waals surface area (Å²) < 4.78 is 1.94. The molecule has 0 aliphatic heterocycles. The van der Waals surface area contributed by atoms with Crippen molar-refractivity contribution < 1.29 is 4.57 Å². The molecule has 1 aromatic heterocycles. The van der Waals surface area contributed by atoms with E-state index in [1.807, 2.05) is 59.4 Å². The van der Waals surface area contributed by atoms with Gasteiger partial charge in [-0.1, -0.05) is 18.2 Å². The average molecular weight is 220 g/mol. The summed E-state index contributed by atoms with van der Waals surface area (Å²) in [4.78, 5) is 0. The second-order valence-corrected chi connectivity index (χ2v) is 3.61. The lowest BCUT2D eigenvalue weighted by atomic mass is 10.2. The predicted molar refractivity (Wildman–Crippen MR) is 63.5 cm³/mol. The standard InChI is InChI=1S/C14H10N3/c15-9-12(10-16)5-7-17-8-6-13-3-1-2-4-14(13)11-17/h1-6,8,11H,7H2/q+1. The van der Waals surface area contributed by atoms with Crippen LogP contribution in [0.4, 0.5) is 0 Å². The van der Waals surface area contributed by atoms with Crippen LogP contribution >= 0.6 is 0 Å². The van der Waals surface area contributed by atoms with Crippen molar-refractivity contribution in [1.29, 1.82) is 10.5 Å². The average Bonchev–Trinajstić information content (AvgIpc) is 2.40. The Labute approximate surface area is 99.5 Å². The van der Waals surface area contributed by atoms with Crippen molar-refractivity contribution in [3.8, 4) is 12.1 Å². The Kier molecular flexibility index (Phi) is 3.14. The Morgan fingerprint density at radius 3 is 2.53 bits per heavy atom. The number of hydrogen-bond acceptors (Lipinski definition) is 2. The van der Waals surface area contributed by atoms with Crippen molar-refractivity contribution >= 4 is 10.8 Å². The summed E-state index contributed by atoms with van der Waals surface area (Å²) in [7, 11) is 0. The summed E-state index contributed by atoms with van der Waals surface area (Å²) in [5, 5.41) is 19.6. The molecule has 0 bridgehead atoms. The monoisotopic (exact) mass is 220 g/mol. The SMILES string of the molecule is N#CC(C#N)=CC[n+]1ccc2ccccc2c1. The molecule has 1 heterocycles. The van der Waals surface area contributed by atoms with E-state index in [0.29, 0.717) is 6.54 Å². The molecule has 0 aliphatic carbocycles. The number of pyridine rings is 1. The third-order valence-electron chi connectivity index (χ3n) is 2.49. The van der Waals surface area contributed by atoms with Crippen molar-refractivity contribution in [3.63, 3.8) is 0 Å². The lowest BCUT2D eigenvalue weighted by Gasteiger charge is -1.96. The quantitative estimate of drug-likeness (QED) is 0.575. The summed E-state index contributed by atoms with van der Waals surface area (Å²) in [6.45, 7) is 0.529. The van der Waals surface area contributed by atoms with Crippen LogP contribution in [-0.4, -0.2) is 0 Å². The minimum absolute atomic E-state index is 0.144.